The number of nitrogens with zero attached hydrogens (tertiary/aromatic N) is 2. The molecule has 0 fully saturated rings. The standard InChI is InChI=1S/C23H16N2O5/c26-23(16-7-11-19(12-8-16)25(29)30)22-14-17(20-3-1-2-4-21(20)22)13-15-5-9-18(10-6-15)24(27)28/h1-14,23,26H/b17-13+/t23-/m1/s1. The van der Waals surface area contributed by atoms with E-state index in [0.717, 1.165) is 22.3 Å². The lowest BCUT2D eigenvalue weighted by Crippen LogP contribution is -2.00. The molecule has 0 amide bonds. The summed E-state index contributed by atoms with van der Waals surface area (Å²) < 4.78 is 0. The largest absolute Gasteiger partial charge is 0.384 e. The Labute approximate surface area is 171 Å². The van der Waals surface area contributed by atoms with Gasteiger partial charge >= 0.3 is 0 Å². The Hall–Kier alpha value is -4.10. The van der Waals surface area contributed by atoms with Crippen LogP contribution < -0.4 is 0 Å². The Bertz CT molecular complexity index is 1200. The molecule has 0 saturated heterocycles. The molecule has 1 N–H and O–H groups in total. The van der Waals surface area contributed by atoms with Gasteiger partial charge in [-0.05, 0) is 69.8 Å². The van der Waals surface area contributed by atoms with Gasteiger partial charge in [0.1, 0.15) is 6.10 Å². The zero-order valence-electron chi connectivity index (χ0n) is 15.6. The van der Waals surface area contributed by atoms with Crippen molar-refractivity contribution in [3.05, 3.63) is 121 Å². The van der Waals surface area contributed by atoms with E-state index in [1.54, 1.807) is 24.3 Å². The second kappa shape index (κ2) is 7.73. The van der Waals surface area contributed by atoms with Crippen molar-refractivity contribution in [2.24, 2.45) is 0 Å². The molecule has 30 heavy (non-hydrogen) atoms. The van der Waals surface area contributed by atoms with Crippen molar-refractivity contribution in [3.8, 4) is 0 Å². The second-order valence-corrected chi connectivity index (χ2v) is 6.84. The van der Waals surface area contributed by atoms with Gasteiger partial charge in [0.2, 0.25) is 0 Å². The van der Waals surface area contributed by atoms with Crippen LogP contribution in [0.1, 0.15) is 28.4 Å². The molecule has 0 spiro atoms. The Kier molecular flexibility index (Phi) is 4.95. The maximum atomic E-state index is 10.9. The van der Waals surface area contributed by atoms with Crippen LogP contribution in [0.15, 0.2) is 78.9 Å². The molecule has 7 heteroatoms. The summed E-state index contributed by atoms with van der Waals surface area (Å²) in [7, 11) is 0. The van der Waals surface area contributed by atoms with E-state index in [1.165, 1.54) is 24.3 Å². The molecule has 7 nitrogen and oxygen atoms in total. The Morgan fingerprint density at radius 3 is 1.87 bits per heavy atom. The molecule has 3 aromatic carbocycles. The van der Waals surface area contributed by atoms with E-state index in [-0.39, 0.29) is 11.4 Å². The highest BCUT2D eigenvalue weighted by molar-refractivity contribution is 6.02. The minimum absolute atomic E-state index is 0.0220. The van der Waals surface area contributed by atoms with Crippen LogP contribution in [0, 0.1) is 20.2 Å². The quantitative estimate of drug-likeness (QED) is 0.469. The van der Waals surface area contributed by atoms with Crippen LogP contribution in [0.4, 0.5) is 11.4 Å². The van der Waals surface area contributed by atoms with Crippen LogP contribution in [0.25, 0.3) is 17.2 Å². The van der Waals surface area contributed by atoms with E-state index >= 15 is 0 Å². The van der Waals surface area contributed by atoms with Gasteiger partial charge in [-0.15, -0.1) is 0 Å². The van der Waals surface area contributed by atoms with Crippen LogP contribution >= 0.6 is 0 Å². The van der Waals surface area contributed by atoms with Gasteiger partial charge in [-0.3, -0.25) is 20.2 Å². The molecule has 1 aliphatic rings. The number of rotatable bonds is 5. The van der Waals surface area contributed by atoms with Gasteiger partial charge < -0.3 is 5.11 Å². The Morgan fingerprint density at radius 1 is 0.767 bits per heavy atom. The number of nitro groups is 2. The summed E-state index contributed by atoms with van der Waals surface area (Å²) in [6, 6.07) is 19.7. The molecule has 1 aliphatic carbocycles. The lowest BCUT2D eigenvalue weighted by atomic mass is 9.96. The molecule has 0 aromatic heterocycles. The number of benzene rings is 3. The number of aliphatic hydroxyl groups is 1. The van der Waals surface area contributed by atoms with E-state index in [0.29, 0.717) is 11.1 Å². The average Bonchev–Trinajstić information content (AvgIpc) is 3.12. The number of allylic oxidation sites excluding steroid dienone is 2. The molecule has 148 valence electrons. The van der Waals surface area contributed by atoms with E-state index in [9.17, 15) is 25.3 Å². The predicted octanol–water partition coefficient (Wildman–Crippen LogP) is 5.17. The van der Waals surface area contributed by atoms with Crippen LogP contribution in [-0.2, 0) is 0 Å². The molecular formula is C23H16N2O5. The highest BCUT2D eigenvalue weighted by atomic mass is 16.6. The molecule has 4 rings (SSSR count). The SMILES string of the molecule is O=[N+]([O-])c1ccc(/C=C2\C=C([C@H](O)c3ccc([N+](=O)[O-])cc3)c3ccccc32)cc1. The molecule has 0 saturated carbocycles. The normalized spacial score (nSPS) is 14.8. The lowest BCUT2D eigenvalue weighted by molar-refractivity contribution is -0.385. The summed E-state index contributed by atoms with van der Waals surface area (Å²) in [5.41, 5.74) is 4.71. The fourth-order valence-corrected chi connectivity index (χ4v) is 3.48. The van der Waals surface area contributed by atoms with Crippen LogP contribution in [0.2, 0.25) is 0 Å². The number of hydrogen-bond acceptors (Lipinski definition) is 5. The van der Waals surface area contributed by atoms with Crippen molar-refractivity contribution in [3.63, 3.8) is 0 Å². The minimum atomic E-state index is -0.949. The summed E-state index contributed by atoms with van der Waals surface area (Å²) in [4.78, 5) is 20.8. The van der Waals surface area contributed by atoms with E-state index in [4.69, 9.17) is 0 Å². The number of non-ortho nitro benzene ring substituents is 2. The third-order valence-corrected chi connectivity index (χ3v) is 5.00. The van der Waals surface area contributed by atoms with Gasteiger partial charge in [0.15, 0.2) is 0 Å². The molecule has 0 aliphatic heterocycles. The van der Waals surface area contributed by atoms with Crippen LogP contribution in [0.3, 0.4) is 0 Å². The fourth-order valence-electron chi connectivity index (χ4n) is 3.48. The molecule has 3 aromatic rings. The van der Waals surface area contributed by atoms with Crippen LogP contribution in [0.5, 0.6) is 0 Å². The molecular weight excluding hydrogens is 384 g/mol. The van der Waals surface area contributed by atoms with Crippen molar-refractivity contribution < 1.29 is 15.0 Å². The average molecular weight is 400 g/mol. The summed E-state index contributed by atoms with van der Waals surface area (Å²) in [5, 5.41) is 32.6. The van der Waals surface area contributed by atoms with Crippen molar-refractivity contribution >= 4 is 28.6 Å². The van der Waals surface area contributed by atoms with Gasteiger partial charge in [-0.2, -0.15) is 0 Å². The van der Waals surface area contributed by atoms with E-state index < -0.39 is 16.0 Å². The first-order chi connectivity index (χ1) is 14.4. The topological polar surface area (TPSA) is 107 Å². The summed E-state index contributed by atoms with van der Waals surface area (Å²) in [6.07, 6.45) is 2.82. The smallest absolute Gasteiger partial charge is 0.269 e. The third kappa shape index (κ3) is 3.61. The highest BCUT2D eigenvalue weighted by Gasteiger charge is 2.24. The molecule has 0 heterocycles. The zero-order chi connectivity index (χ0) is 21.3. The maximum absolute atomic E-state index is 10.9. The monoisotopic (exact) mass is 400 g/mol. The Morgan fingerprint density at radius 2 is 1.30 bits per heavy atom. The van der Waals surface area contributed by atoms with E-state index in [2.05, 4.69) is 0 Å². The first kappa shape index (κ1) is 19.2. The summed E-state index contributed by atoms with van der Waals surface area (Å²) in [6.45, 7) is 0. The third-order valence-electron chi connectivity index (χ3n) is 5.00. The first-order valence-electron chi connectivity index (χ1n) is 9.14. The van der Waals surface area contributed by atoms with Crippen molar-refractivity contribution in [2.45, 2.75) is 6.10 Å². The predicted molar refractivity (Wildman–Crippen MR) is 113 cm³/mol. The van der Waals surface area contributed by atoms with Crippen LogP contribution in [-0.4, -0.2) is 15.0 Å². The number of nitro benzene ring substituents is 2. The van der Waals surface area contributed by atoms with Gasteiger partial charge in [-0.25, -0.2) is 0 Å². The van der Waals surface area contributed by atoms with Gasteiger partial charge in [0, 0.05) is 24.3 Å². The van der Waals surface area contributed by atoms with Crippen molar-refractivity contribution in [1.82, 2.24) is 0 Å². The van der Waals surface area contributed by atoms with Gasteiger partial charge in [0.25, 0.3) is 11.4 Å². The van der Waals surface area contributed by atoms with Crippen molar-refractivity contribution in [1.29, 1.82) is 0 Å². The summed E-state index contributed by atoms with van der Waals surface area (Å²) >= 11 is 0. The fraction of sp³-hybridized carbons (Fsp3) is 0.0435. The van der Waals surface area contributed by atoms with Gasteiger partial charge in [0.05, 0.1) is 9.85 Å². The minimum Gasteiger partial charge on any atom is -0.384 e. The molecule has 0 unspecified atom stereocenters. The Balaban J connectivity index is 1.71. The van der Waals surface area contributed by atoms with Crippen molar-refractivity contribution in [2.75, 3.05) is 0 Å². The summed E-state index contributed by atoms with van der Waals surface area (Å²) in [5.74, 6) is 0. The maximum Gasteiger partial charge on any atom is 0.269 e. The molecule has 0 bridgehead atoms. The molecule has 0 radical (unpaired) electrons. The lowest BCUT2D eigenvalue weighted by Gasteiger charge is -2.13. The second-order valence-electron chi connectivity index (χ2n) is 6.84. The number of fused-ring (bicyclic) bond motifs is 1. The van der Waals surface area contributed by atoms with Gasteiger partial charge in [-0.1, -0.05) is 24.3 Å². The first-order valence-corrected chi connectivity index (χ1v) is 9.14. The number of aliphatic hydroxyl groups excluding tert-OH is 1. The highest BCUT2D eigenvalue weighted by Crippen LogP contribution is 2.42. The van der Waals surface area contributed by atoms with E-state index in [1.807, 2.05) is 36.4 Å². The molecule has 1 atom stereocenters. The number of hydrogen-bond donors (Lipinski definition) is 1. The zero-order valence-corrected chi connectivity index (χ0v) is 15.6.